The molecule has 35 heavy (non-hydrogen) atoms. The summed E-state index contributed by atoms with van der Waals surface area (Å²) >= 11 is 0. The van der Waals surface area contributed by atoms with E-state index < -0.39 is 25.2 Å². The van der Waals surface area contributed by atoms with E-state index in [2.05, 4.69) is 30.9 Å². The SMILES string of the molecule is [2H]C([2H])([2H])NC(=O)c1nnc(NC(=O)C2CC2)cc1Nc1ccc(-c2ncn(C(C)C)n2)cc1OC(F)F. The number of aromatic nitrogens is 5. The van der Waals surface area contributed by atoms with E-state index in [0.29, 0.717) is 5.56 Å². The molecule has 1 fully saturated rings. The van der Waals surface area contributed by atoms with Gasteiger partial charge < -0.3 is 20.7 Å². The van der Waals surface area contributed by atoms with Crippen LogP contribution in [0.3, 0.4) is 0 Å². The van der Waals surface area contributed by atoms with E-state index in [4.69, 9.17) is 8.85 Å². The van der Waals surface area contributed by atoms with Crippen molar-refractivity contribution in [3.63, 3.8) is 0 Å². The number of hydrogen-bond acceptors (Lipinski definition) is 8. The Hall–Kier alpha value is -4.16. The third-order valence-corrected chi connectivity index (χ3v) is 5.08. The van der Waals surface area contributed by atoms with Gasteiger partial charge in [0.15, 0.2) is 17.3 Å². The summed E-state index contributed by atoms with van der Waals surface area (Å²) < 4.78 is 54.8. The highest BCUT2D eigenvalue weighted by atomic mass is 19.3. The van der Waals surface area contributed by atoms with Gasteiger partial charge in [-0.15, -0.1) is 10.2 Å². The van der Waals surface area contributed by atoms with Crippen LogP contribution in [0.1, 0.15) is 47.3 Å². The predicted molar refractivity (Wildman–Crippen MR) is 123 cm³/mol. The fourth-order valence-corrected chi connectivity index (χ4v) is 3.11. The van der Waals surface area contributed by atoms with Crippen molar-refractivity contribution in [2.45, 2.75) is 39.3 Å². The molecule has 184 valence electrons. The molecule has 4 rings (SSSR count). The van der Waals surface area contributed by atoms with Crippen LogP contribution in [0.15, 0.2) is 30.6 Å². The smallest absolute Gasteiger partial charge is 0.387 e. The maximum atomic E-state index is 13.3. The summed E-state index contributed by atoms with van der Waals surface area (Å²) in [4.78, 5) is 29.0. The molecular formula is C22H24F2N8O3. The number of amides is 2. The molecule has 0 spiro atoms. The summed E-state index contributed by atoms with van der Waals surface area (Å²) in [6, 6.07) is 5.52. The lowest BCUT2D eigenvalue weighted by atomic mass is 10.1. The number of carbonyl (C=O) groups excluding carboxylic acids is 2. The van der Waals surface area contributed by atoms with E-state index in [1.54, 1.807) is 16.1 Å². The minimum Gasteiger partial charge on any atom is -0.433 e. The number of rotatable bonds is 9. The average Bonchev–Trinajstić information content (AvgIpc) is 3.55. The van der Waals surface area contributed by atoms with Crippen molar-refractivity contribution < 1.29 is 27.2 Å². The Kier molecular flexibility index (Phi) is 5.78. The molecule has 1 aromatic carbocycles. The zero-order chi connectivity index (χ0) is 27.6. The summed E-state index contributed by atoms with van der Waals surface area (Å²) in [5.41, 5.74) is -0.180. The Morgan fingerprint density at radius 3 is 2.66 bits per heavy atom. The number of carbonyl (C=O) groups is 2. The highest BCUT2D eigenvalue weighted by Crippen LogP contribution is 2.35. The first kappa shape index (κ1) is 20.2. The summed E-state index contributed by atoms with van der Waals surface area (Å²) in [5, 5.41) is 19.0. The van der Waals surface area contributed by atoms with Crippen LogP contribution in [0.4, 0.5) is 26.0 Å². The Morgan fingerprint density at radius 1 is 1.20 bits per heavy atom. The topological polar surface area (TPSA) is 136 Å². The van der Waals surface area contributed by atoms with Crippen LogP contribution in [-0.4, -0.2) is 50.4 Å². The van der Waals surface area contributed by atoms with E-state index in [9.17, 15) is 18.4 Å². The van der Waals surface area contributed by atoms with Crippen LogP contribution in [0.5, 0.6) is 5.75 Å². The van der Waals surface area contributed by atoms with Gasteiger partial charge in [-0.3, -0.25) is 9.59 Å². The number of benzene rings is 1. The second-order valence-corrected chi connectivity index (χ2v) is 8.07. The number of nitrogens with zero attached hydrogens (tertiary/aromatic N) is 5. The summed E-state index contributed by atoms with van der Waals surface area (Å²) in [6.07, 6.45) is 2.97. The van der Waals surface area contributed by atoms with Crippen LogP contribution < -0.4 is 20.7 Å². The van der Waals surface area contributed by atoms with Crippen molar-refractivity contribution in [2.75, 3.05) is 17.6 Å². The molecule has 0 aliphatic heterocycles. The number of hydrogen-bond donors (Lipinski definition) is 3. The quantitative estimate of drug-likeness (QED) is 0.416. The highest BCUT2D eigenvalue weighted by molar-refractivity contribution is 5.99. The Labute approximate surface area is 203 Å². The molecule has 1 saturated carbocycles. The van der Waals surface area contributed by atoms with Crippen molar-refractivity contribution in [3.8, 4) is 17.1 Å². The van der Waals surface area contributed by atoms with Crippen molar-refractivity contribution in [2.24, 2.45) is 5.92 Å². The van der Waals surface area contributed by atoms with E-state index in [1.165, 1.54) is 24.5 Å². The molecular weight excluding hydrogens is 462 g/mol. The van der Waals surface area contributed by atoms with Gasteiger partial charge in [0.25, 0.3) is 5.91 Å². The second-order valence-electron chi connectivity index (χ2n) is 8.07. The standard InChI is InChI=1S/C22H24F2N8O3/c1-11(2)32-10-26-19(31-32)13-6-7-14(16(8-13)35-22(23)24)27-15-9-17(28-20(33)12-4-5-12)29-30-18(15)21(34)25-3/h6-12,22H,4-5H2,1-3H3,(H,25,34)(H2,27,28,29,33)/i3D3. The molecule has 0 saturated heterocycles. The zero-order valence-electron chi connectivity index (χ0n) is 21.7. The molecule has 2 amide bonds. The zero-order valence-corrected chi connectivity index (χ0v) is 18.7. The predicted octanol–water partition coefficient (Wildman–Crippen LogP) is 3.37. The molecule has 3 aromatic rings. The molecule has 2 aromatic heterocycles. The number of ether oxygens (including phenoxy) is 1. The van der Waals surface area contributed by atoms with Crippen LogP contribution in [0.2, 0.25) is 0 Å². The maximum absolute atomic E-state index is 13.3. The van der Waals surface area contributed by atoms with Gasteiger partial charge in [-0.25, -0.2) is 9.67 Å². The maximum Gasteiger partial charge on any atom is 0.387 e. The van der Waals surface area contributed by atoms with Gasteiger partial charge in [-0.2, -0.15) is 13.9 Å². The normalized spacial score (nSPS) is 14.7. The van der Waals surface area contributed by atoms with Crippen LogP contribution in [0.25, 0.3) is 11.4 Å². The van der Waals surface area contributed by atoms with Gasteiger partial charge in [-0.05, 0) is 44.9 Å². The first-order valence-electron chi connectivity index (χ1n) is 12.2. The molecule has 0 atom stereocenters. The molecule has 1 aliphatic carbocycles. The van der Waals surface area contributed by atoms with Gasteiger partial charge in [0.05, 0.1) is 11.4 Å². The minimum absolute atomic E-state index is 0.00672. The summed E-state index contributed by atoms with van der Waals surface area (Å²) in [7, 11) is 0. The van der Waals surface area contributed by atoms with Crippen molar-refractivity contribution in [1.82, 2.24) is 30.3 Å². The lowest BCUT2D eigenvalue weighted by Gasteiger charge is -2.16. The van der Waals surface area contributed by atoms with Gasteiger partial charge >= 0.3 is 6.61 Å². The van der Waals surface area contributed by atoms with Gasteiger partial charge in [0, 0.05) is 34.7 Å². The van der Waals surface area contributed by atoms with E-state index in [1.807, 2.05) is 13.8 Å². The average molecular weight is 490 g/mol. The molecule has 2 heterocycles. The van der Waals surface area contributed by atoms with Crippen molar-refractivity contribution in [1.29, 1.82) is 0 Å². The molecule has 1 aliphatic rings. The fraction of sp³-hybridized carbons (Fsp3) is 0.364. The van der Waals surface area contributed by atoms with Gasteiger partial charge in [-0.1, -0.05) is 0 Å². The monoisotopic (exact) mass is 489 g/mol. The van der Waals surface area contributed by atoms with E-state index in [-0.39, 0.29) is 46.6 Å². The molecule has 11 nitrogen and oxygen atoms in total. The number of anilines is 3. The van der Waals surface area contributed by atoms with Crippen molar-refractivity contribution >= 4 is 29.0 Å². The number of halogens is 2. The number of alkyl halides is 2. The van der Waals surface area contributed by atoms with Crippen molar-refractivity contribution in [3.05, 3.63) is 36.3 Å². The minimum atomic E-state index is -3.19. The van der Waals surface area contributed by atoms with E-state index >= 15 is 0 Å². The van der Waals surface area contributed by atoms with Crippen LogP contribution in [0, 0.1) is 5.92 Å². The lowest BCUT2D eigenvalue weighted by molar-refractivity contribution is -0.117. The third-order valence-electron chi connectivity index (χ3n) is 5.08. The molecule has 13 heteroatoms. The first-order chi connectivity index (χ1) is 17.9. The number of nitrogens with one attached hydrogen (secondary N) is 3. The van der Waals surface area contributed by atoms with Gasteiger partial charge in [0.2, 0.25) is 5.91 Å². The second kappa shape index (κ2) is 9.99. The van der Waals surface area contributed by atoms with Crippen LogP contribution >= 0.6 is 0 Å². The Balaban J connectivity index is 1.70. The molecule has 0 unspecified atom stereocenters. The van der Waals surface area contributed by atoms with Crippen LogP contribution in [-0.2, 0) is 4.79 Å². The fourth-order valence-electron chi connectivity index (χ4n) is 3.11. The van der Waals surface area contributed by atoms with Gasteiger partial charge in [0.1, 0.15) is 12.1 Å². The molecule has 0 bridgehead atoms. The largest absolute Gasteiger partial charge is 0.433 e. The molecule has 3 N–H and O–H groups in total. The third kappa shape index (κ3) is 5.67. The Bertz CT molecular complexity index is 1350. The first-order valence-corrected chi connectivity index (χ1v) is 10.7. The lowest BCUT2D eigenvalue weighted by Crippen LogP contribution is -2.22. The highest BCUT2D eigenvalue weighted by Gasteiger charge is 2.30. The van der Waals surface area contributed by atoms with E-state index in [0.717, 1.165) is 12.8 Å². The Morgan fingerprint density at radius 2 is 2.00 bits per heavy atom. The summed E-state index contributed by atoms with van der Waals surface area (Å²) in [5.74, 6) is -1.59. The summed E-state index contributed by atoms with van der Waals surface area (Å²) in [6.45, 7) is -2.21. The molecule has 0 radical (unpaired) electrons.